The molecule has 110 valence electrons. The van der Waals surface area contributed by atoms with Gasteiger partial charge in [0.15, 0.2) is 5.82 Å². The van der Waals surface area contributed by atoms with E-state index in [9.17, 15) is 4.79 Å². The van der Waals surface area contributed by atoms with Gasteiger partial charge in [0.05, 0.1) is 18.4 Å². The minimum absolute atomic E-state index is 0.372. The number of nitrogen functional groups attached to an aromatic ring is 1. The van der Waals surface area contributed by atoms with Gasteiger partial charge in [-0.3, -0.25) is 0 Å². The standard InChI is InChI=1S/C14H22N4O2/c1-17-8-5-10(6-9-17)18(2)13-12(15)11(4-7-16-13)14(19)20-3/h4,7,10H,5-6,8-9,15H2,1-3H3. The zero-order valence-corrected chi connectivity index (χ0v) is 12.3. The summed E-state index contributed by atoms with van der Waals surface area (Å²) >= 11 is 0. The van der Waals surface area contributed by atoms with Gasteiger partial charge in [-0.15, -0.1) is 0 Å². The predicted molar refractivity (Wildman–Crippen MR) is 78.9 cm³/mol. The molecule has 1 aliphatic heterocycles. The van der Waals surface area contributed by atoms with Crippen molar-refractivity contribution in [2.24, 2.45) is 0 Å². The molecule has 1 saturated heterocycles. The van der Waals surface area contributed by atoms with Crippen LogP contribution in [-0.2, 0) is 4.74 Å². The van der Waals surface area contributed by atoms with Gasteiger partial charge < -0.3 is 20.3 Å². The number of hydrogen-bond donors (Lipinski definition) is 1. The Kier molecular flexibility index (Phi) is 4.44. The van der Waals surface area contributed by atoms with E-state index in [1.54, 1.807) is 12.3 Å². The van der Waals surface area contributed by atoms with Gasteiger partial charge in [0.1, 0.15) is 0 Å². The van der Waals surface area contributed by atoms with Crippen molar-refractivity contribution < 1.29 is 9.53 Å². The third-order valence-corrected chi connectivity index (χ3v) is 3.94. The van der Waals surface area contributed by atoms with Crippen LogP contribution in [0.15, 0.2) is 12.3 Å². The minimum Gasteiger partial charge on any atom is -0.465 e. The summed E-state index contributed by atoms with van der Waals surface area (Å²) < 4.78 is 4.74. The van der Waals surface area contributed by atoms with Gasteiger partial charge in [0, 0.05) is 19.3 Å². The number of carbonyl (C=O) groups excluding carboxylic acids is 1. The maximum absolute atomic E-state index is 11.7. The number of hydrogen-bond acceptors (Lipinski definition) is 6. The van der Waals surface area contributed by atoms with E-state index in [2.05, 4.69) is 21.8 Å². The molecule has 2 N–H and O–H groups in total. The molecule has 20 heavy (non-hydrogen) atoms. The number of anilines is 2. The maximum Gasteiger partial charge on any atom is 0.340 e. The lowest BCUT2D eigenvalue weighted by Crippen LogP contribution is -2.42. The van der Waals surface area contributed by atoms with Gasteiger partial charge in [-0.25, -0.2) is 9.78 Å². The van der Waals surface area contributed by atoms with Gasteiger partial charge in [-0.05, 0) is 39.0 Å². The molecular weight excluding hydrogens is 256 g/mol. The van der Waals surface area contributed by atoms with E-state index in [0.717, 1.165) is 25.9 Å². The summed E-state index contributed by atoms with van der Waals surface area (Å²) in [5.41, 5.74) is 6.84. The van der Waals surface area contributed by atoms with E-state index in [0.29, 0.717) is 23.1 Å². The van der Waals surface area contributed by atoms with Crippen LogP contribution >= 0.6 is 0 Å². The number of piperidine rings is 1. The topological polar surface area (TPSA) is 71.7 Å². The van der Waals surface area contributed by atoms with E-state index in [1.807, 2.05) is 7.05 Å². The number of methoxy groups -OCH3 is 1. The second-order valence-electron chi connectivity index (χ2n) is 5.23. The van der Waals surface area contributed by atoms with E-state index in [1.165, 1.54) is 7.11 Å². The van der Waals surface area contributed by atoms with Crippen LogP contribution in [-0.4, -0.2) is 56.2 Å². The lowest BCUT2D eigenvalue weighted by molar-refractivity contribution is 0.0602. The highest BCUT2D eigenvalue weighted by atomic mass is 16.5. The quantitative estimate of drug-likeness (QED) is 0.831. The molecule has 2 heterocycles. The summed E-state index contributed by atoms with van der Waals surface area (Å²) in [4.78, 5) is 20.4. The Hall–Kier alpha value is -1.82. The average molecular weight is 278 g/mol. The number of pyridine rings is 1. The van der Waals surface area contributed by atoms with Gasteiger partial charge in [0.2, 0.25) is 0 Å². The van der Waals surface area contributed by atoms with Crippen LogP contribution in [0.25, 0.3) is 0 Å². The van der Waals surface area contributed by atoms with Crippen molar-refractivity contribution in [3.8, 4) is 0 Å². The highest BCUT2D eigenvalue weighted by molar-refractivity contribution is 5.97. The van der Waals surface area contributed by atoms with Crippen molar-refractivity contribution >= 4 is 17.5 Å². The number of aromatic nitrogens is 1. The van der Waals surface area contributed by atoms with Crippen LogP contribution in [0.4, 0.5) is 11.5 Å². The molecular formula is C14H22N4O2. The molecule has 0 bridgehead atoms. The van der Waals surface area contributed by atoms with Crippen LogP contribution in [0, 0.1) is 0 Å². The van der Waals surface area contributed by atoms with Crippen LogP contribution in [0.1, 0.15) is 23.2 Å². The predicted octanol–water partition coefficient (Wildman–Crippen LogP) is 0.981. The summed E-state index contributed by atoms with van der Waals surface area (Å²) in [6.07, 6.45) is 3.73. The molecule has 0 spiro atoms. The number of rotatable bonds is 3. The molecule has 0 aromatic carbocycles. The summed E-state index contributed by atoms with van der Waals surface area (Å²) in [5.74, 6) is 0.227. The second kappa shape index (κ2) is 6.09. The molecule has 0 saturated carbocycles. The molecule has 1 fully saturated rings. The van der Waals surface area contributed by atoms with E-state index in [-0.39, 0.29) is 0 Å². The third-order valence-electron chi connectivity index (χ3n) is 3.94. The highest BCUT2D eigenvalue weighted by Crippen LogP contribution is 2.27. The zero-order chi connectivity index (χ0) is 14.7. The Morgan fingerprint density at radius 1 is 1.50 bits per heavy atom. The highest BCUT2D eigenvalue weighted by Gasteiger charge is 2.24. The molecule has 0 radical (unpaired) electrons. The first-order valence-corrected chi connectivity index (χ1v) is 6.78. The first kappa shape index (κ1) is 14.6. The van der Waals surface area contributed by atoms with Crippen molar-refractivity contribution in [1.82, 2.24) is 9.88 Å². The number of esters is 1. The van der Waals surface area contributed by atoms with Crippen molar-refractivity contribution in [2.45, 2.75) is 18.9 Å². The summed E-state index contributed by atoms with van der Waals surface area (Å²) in [6, 6.07) is 1.99. The number of ether oxygens (including phenoxy) is 1. The molecule has 6 heteroatoms. The Bertz CT molecular complexity index is 484. The number of nitrogens with two attached hydrogens (primary N) is 1. The van der Waals surface area contributed by atoms with E-state index in [4.69, 9.17) is 10.5 Å². The first-order chi connectivity index (χ1) is 9.54. The lowest BCUT2D eigenvalue weighted by Gasteiger charge is -2.36. The maximum atomic E-state index is 11.7. The van der Waals surface area contributed by atoms with Crippen molar-refractivity contribution in [2.75, 3.05) is 44.9 Å². The molecule has 1 aliphatic rings. The first-order valence-electron chi connectivity index (χ1n) is 6.78. The van der Waals surface area contributed by atoms with Crippen LogP contribution < -0.4 is 10.6 Å². The SMILES string of the molecule is COC(=O)c1ccnc(N(C)C2CCN(C)CC2)c1N. The second-order valence-corrected chi connectivity index (χ2v) is 5.23. The third kappa shape index (κ3) is 2.85. The van der Waals surface area contributed by atoms with E-state index >= 15 is 0 Å². The van der Waals surface area contributed by atoms with Gasteiger partial charge in [-0.1, -0.05) is 0 Å². The van der Waals surface area contributed by atoms with Crippen LogP contribution in [0.5, 0.6) is 0 Å². The summed E-state index contributed by atoms with van der Waals surface area (Å²) in [5, 5.41) is 0. The number of likely N-dealkylation sites (tertiary alicyclic amines) is 1. The molecule has 0 aliphatic carbocycles. The smallest absolute Gasteiger partial charge is 0.340 e. The Balaban J connectivity index is 2.22. The van der Waals surface area contributed by atoms with Gasteiger partial charge in [-0.2, -0.15) is 0 Å². The molecule has 0 amide bonds. The molecule has 1 aromatic rings. The molecule has 6 nitrogen and oxygen atoms in total. The molecule has 0 unspecified atom stereocenters. The largest absolute Gasteiger partial charge is 0.465 e. The van der Waals surface area contributed by atoms with Gasteiger partial charge in [0.25, 0.3) is 0 Å². The van der Waals surface area contributed by atoms with Crippen molar-refractivity contribution in [1.29, 1.82) is 0 Å². The summed E-state index contributed by atoms with van der Waals surface area (Å²) in [7, 11) is 5.46. The fourth-order valence-electron chi connectivity index (χ4n) is 2.59. The number of nitrogens with zero attached hydrogens (tertiary/aromatic N) is 3. The monoisotopic (exact) mass is 278 g/mol. The van der Waals surface area contributed by atoms with Crippen LogP contribution in [0.2, 0.25) is 0 Å². The fourth-order valence-corrected chi connectivity index (χ4v) is 2.59. The Labute approximate surface area is 119 Å². The number of carbonyl (C=O) groups is 1. The van der Waals surface area contributed by atoms with E-state index < -0.39 is 5.97 Å². The van der Waals surface area contributed by atoms with Crippen molar-refractivity contribution in [3.05, 3.63) is 17.8 Å². The molecule has 1 aromatic heterocycles. The molecule has 2 rings (SSSR count). The Morgan fingerprint density at radius 3 is 2.75 bits per heavy atom. The van der Waals surface area contributed by atoms with Crippen molar-refractivity contribution in [3.63, 3.8) is 0 Å². The zero-order valence-electron chi connectivity index (χ0n) is 12.3. The lowest BCUT2D eigenvalue weighted by atomic mass is 10.0. The Morgan fingerprint density at radius 2 is 2.15 bits per heavy atom. The summed E-state index contributed by atoms with van der Waals surface area (Å²) in [6.45, 7) is 2.12. The fraction of sp³-hybridized carbons (Fsp3) is 0.571. The average Bonchev–Trinajstić information content (AvgIpc) is 2.47. The van der Waals surface area contributed by atoms with Gasteiger partial charge >= 0.3 is 5.97 Å². The normalized spacial score (nSPS) is 16.9. The molecule has 0 atom stereocenters. The minimum atomic E-state index is -0.428. The van der Waals surface area contributed by atoms with Crippen LogP contribution in [0.3, 0.4) is 0 Å².